The van der Waals surface area contributed by atoms with Crippen LogP contribution in [0.2, 0.25) is 5.02 Å². The molecule has 3 aromatic heterocycles. The van der Waals surface area contributed by atoms with Gasteiger partial charge in [0.1, 0.15) is 11.9 Å². The maximum atomic E-state index is 6.60. The van der Waals surface area contributed by atoms with Gasteiger partial charge in [-0.2, -0.15) is 9.61 Å². The van der Waals surface area contributed by atoms with Gasteiger partial charge in [-0.25, -0.2) is 9.97 Å². The van der Waals surface area contributed by atoms with Crippen molar-refractivity contribution in [2.75, 3.05) is 18.4 Å². The number of aromatic nitrogens is 4. The Bertz CT molecular complexity index is 1260. The summed E-state index contributed by atoms with van der Waals surface area (Å²) in [4.78, 5) is 11.8. The highest BCUT2D eigenvalue weighted by Crippen LogP contribution is 2.35. The number of likely N-dealkylation sites (tertiary alicyclic amines) is 1. The van der Waals surface area contributed by atoms with Crippen LogP contribution in [0.4, 0.5) is 5.82 Å². The zero-order chi connectivity index (χ0) is 22.9. The summed E-state index contributed by atoms with van der Waals surface area (Å²) in [7, 11) is 0. The number of ether oxygens (including phenoxy) is 1. The summed E-state index contributed by atoms with van der Waals surface area (Å²) in [6.07, 6.45) is 5.62. The summed E-state index contributed by atoms with van der Waals surface area (Å²) in [6.45, 7) is 8.64. The number of fused-ring (bicyclic) bond motifs is 2. The van der Waals surface area contributed by atoms with Crippen LogP contribution < -0.4 is 10.1 Å². The van der Waals surface area contributed by atoms with Crippen molar-refractivity contribution >= 4 is 33.8 Å². The fraction of sp³-hybridized carbons (Fsp3) is 0.400. The van der Waals surface area contributed by atoms with Gasteiger partial charge in [-0.05, 0) is 57.2 Å². The molecule has 0 amide bonds. The molecule has 0 spiro atoms. The molecule has 5 rings (SSSR count). The topological polar surface area (TPSA) is 67.6 Å². The standard InChI is InChI=1S/C25H29ClN6O/c1-16(2)31-13-9-19(10-14-31)33-25-24-18(5-4-6-20(24)26)15-21(30-25)17(3)29-23-7-11-27-22-8-12-28-32(22)23/h4-8,11-12,15-17,19,29H,9-10,13-14H2,1-3H3/t17-/m0/s1. The van der Waals surface area contributed by atoms with E-state index in [1.54, 1.807) is 16.9 Å². The predicted molar refractivity (Wildman–Crippen MR) is 132 cm³/mol. The van der Waals surface area contributed by atoms with Crippen LogP contribution >= 0.6 is 11.6 Å². The summed E-state index contributed by atoms with van der Waals surface area (Å²) >= 11 is 6.60. The van der Waals surface area contributed by atoms with Gasteiger partial charge in [-0.1, -0.05) is 23.7 Å². The van der Waals surface area contributed by atoms with Gasteiger partial charge in [-0.3, -0.25) is 0 Å². The normalized spacial score (nSPS) is 16.5. The first-order valence-corrected chi connectivity index (χ1v) is 11.9. The van der Waals surface area contributed by atoms with Crippen molar-refractivity contribution in [1.29, 1.82) is 0 Å². The van der Waals surface area contributed by atoms with E-state index >= 15 is 0 Å². The van der Waals surface area contributed by atoms with Crippen LogP contribution in [0.1, 0.15) is 45.3 Å². The smallest absolute Gasteiger partial charge is 0.223 e. The summed E-state index contributed by atoms with van der Waals surface area (Å²) in [6, 6.07) is 12.3. The molecule has 1 saturated heterocycles. The lowest BCUT2D eigenvalue weighted by Crippen LogP contribution is -2.41. The Kier molecular flexibility index (Phi) is 6.08. The molecule has 172 valence electrons. The number of pyridine rings is 1. The second-order valence-electron chi connectivity index (χ2n) is 8.93. The van der Waals surface area contributed by atoms with Crippen molar-refractivity contribution in [1.82, 2.24) is 24.5 Å². The van der Waals surface area contributed by atoms with Gasteiger partial charge in [0.25, 0.3) is 0 Å². The van der Waals surface area contributed by atoms with E-state index in [1.807, 2.05) is 24.3 Å². The van der Waals surface area contributed by atoms with Crippen molar-refractivity contribution in [3.05, 3.63) is 59.5 Å². The second-order valence-corrected chi connectivity index (χ2v) is 9.34. The molecule has 1 atom stereocenters. The highest BCUT2D eigenvalue weighted by molar-refractivity contribution is 6.36. The third-order valence-corrected chi connectivity index (χ3v) is 6.69. The zero-order valence-corrected chi connectivity index (χ0v) is 20.0. The summed E-state index contributed by atoms with van der Waals surface area (Å²) in [5.74, 6) is 1.47. The van der Waals surface area contributed by atoms with Crippen LogP contribution in [0.3, 0.4) is 0 Å². The molecule has 1 N–H and O–H groups in total. The number of hydrogen-bond acceptors (Lipinski definition) is 6. The number of piperidine rings is 1. The van der Waals surface area contributed by atoms with E-state index in [0.717, 1.165) is 53.9 Å². The molecule has 1 fully saturated rings. The fourth-order valence-electron chi connectivity index (χ4n) is 4.47. The first-order chi connectivity index (χ1) is 16.0. The molecule has 1 aromatic carbocycles. The van der Waals surface area contributed by atoms with E-state index in [0.29, 0.717) is 16.9 Å². The summed E-state index contributed by atoms with van der Waals surface area (Å²) in [5, 5.41) is 10.4. The maximum Gasteiger partial charge on any atom is 0.223 e. The van der Waals surface area contributed by atoms with Gasteiger partial charge in [0.05, 0.1) is 28.3 Å². The molecular formula is C25H29ClN6O. The van der Waals surface area contributed by atoms with Crippen LogP contribution in [-0.2, 0) is 0 Å². The van der Waals surface area contributed by atoms with Crippen molar-refractivity contribution in [3.63, 3.8) is 0 Å². The molecule has 0 unspecified atom stereocenters. The first-order valence-electron chi connectivity index (χ1n) is 11.5. The molecule has 0 aliphatic carbocycles. The van der Waals surface area contributed by atoms with E-state index in [9.17, 15) is 0 Å². The third-order valence-electron chi connectivity index (χ3n) is 6.38. The van der Waals surface area contributed by atoms with Crippen LogP contribution in [0.25, 0.3) is 16.4 Å². The average molecular weight is 465 g/mol. The van der Waals surface area contributed by atoms with Gasteiger partial charge >= 0.3 is 0 Å². The Balaban J connectivity index is 1.44. The summed E-state index contributed by atoms with van der Waals surface area (Å²) < 4.78 is 8.28. The molecule has 0 saturated carbocycles. The van der Waals surface area contributed by atoms with Crippen molar-refractivity contribution in [2.24, 2.45) is 0 Å². The largest absolute Gasteiger partial charge is 0.474 e. The highest BCUT2D eigenvalue weighted by atomic mass is 35.5. The Morgan fingerprint density at radius 2 is 1.91 bits per heavy atom. The van der Waals surface area contributed by atoms with Crippen molar-refractivity contribution < 1.29 is 4.74 Å². The molecule has 33 heavy (non-hydrogen) atoms. The number of nitrogens with one attached hydrogen (secondary N) is 1. The lowest BCUT2D eigenvalue weighted by Gasteiger charge is -2.34. The van der Waals surface area contributed by atoms with Crippen LogP contribution in [0.15, 0.2) is 48.8 Å². The van der Waals surface area contributed by atoms with E-state index in [1.165, 1.54) is 0 Å². The maximum absolute atomic E-state index is 6.60. The fourth-order valence-corrected chi connectivity index (χ4v) is 4.73. The minimum atomic E-state index is -0.0756. The minimum absolute atomic E-state index is 0.0756. The molecule has 1 aliphatic rings. The molecule has 7 nitrogen and oxygen atoms in total. The zero-order valence-electron chi connectivity index (χ0n) is 19.2. The first kappa shape index (κ1) is 21.9. The Hall–Kier alpha value is -2.90. The highest BCUT2D eigenvalue weighted by Gasteiger charge is 2.24. The van der Waals surface area contributed by atoms with Crippen molar-refractivity contribution in [2.45, 2.75) is 51.8 Å². The lowest BCUT2D eigenvalue weighted by atomic mass is 10.1. The molecule has 4 aromatic rings. The Morgan fingerprint density at radius 3 is 2.70 bits per heavy atom. The van der Waals surface area contributed by atoms with Crippen LogP contribution in [0, 0.1) is 0 Å². The average Bonchev–Trinajstić information content (AvgIpc) is 3.29. The van der Waals surface area contributed by atoms with Crippen LogP contribution in [0.5, 0.6) is 5.88 Å². The van der Waals surface area contributed by atoms with Gasteiger partial charge in [0.2, 0.25) is 5.88 Å². The molecule has 1 aliphatic heterocycles. The van der Waals surface area contributed by atoms with Gasteiger partial charge in [-0.15, -0.1) is 0 Å². The number of anilines is 1. The second kappa shape index (κ2) is 9.15. The van der Waals surface area contributed by atoms with E-state index in [-0.39, 0.29) is 12.1 Å². The van der Waals surface area contributed by atoms with E-state index in [2.05, 4.69) is 53.2 Å². The quantitative estimate of drug-likeness (QED) is 0.414. The van der Waals surface area contributed by atoms with Gasteiger partial charge in [0, 0.05) is 31.4 Å². The van der Waals surface area contributed by atoms with E-state index in [4.69, 9.17) is 21.3 Å². The molecule has 0 radical (unpaired) electrons. The minimum Gasteiger partial charge on any atom is -0.474 e. The lowest BCUT2D eigenvalue weighted by molar-refractivity contribution is 0.0822. The molecule has 0 bridgehead atoms. The number of rotatable bonds is 6. The van der Waals surface area contributed by atoms with Gasteiger partial charge < -0.3 is 15.0 Å². The Labute approximate surface area is 198 Å². The van der Waals surface area contributed by atoms with E-state index < -0.39 is 0 Å². The predicted octanol–water partition coefficient (Wildman–Crippen LogP) is 5.36. The third kappa shape index (κ3) is 4.48. The SMILES string of the molecule is CC(C)N1CCC(Oc2nc([C@H](C)Nc3ccnc4ccnn34)cc3cccc(Cl)c23)CC1. The monoisotopic (exact) mass is 464 g/mol. The number of halogens is 1. The number of hydrogen-bond donors (Lipinski definition) is 1. The number of nitrogens with zero attached hydrogens (tertiary/aromatic N) is 5. The number of benzene rings is 1. The summed E-state index contributed by atoms with van der Waals surface area (Å²) in [5.41, 5.74) is 1.68. The van der Waals surface area contributed by atoms with Crippen LogP contribution in [-0.4, -0.2) is 49.7 Å². The van der Waals surface area contributed by atoms with Crippen molar-refractivity contribution in [3.8, 4) is 5.88 Å². The molecule has 8 heteroatoms. The molecule has 4 heterocycles. The Morgan fingerprint density at radius 1 is 1.09 bits per heavy atom. The van der Waals surface area contributed by atoms with Gasteiger partial charge in [0.15, 0.2) is 5.65 Å². The molecular weight excluding hydrogens is 436 g/mol.